The van der Waals surface area contributed by atoms with E-state index in [2.05, 4.69) is 15.3 Å². The van der Waals surface area contributed by atoms with Gasteiger partial charge in [-0.2, -0.15) is 23.5 Å². The number of benzene rings is 1. The molecule has 6 nitrogen and oxygen atoms in total. The molecule has 1 aromatic heterocycles. The summed E-state index contributed by atoms with van der Waals surface area (Å²) in [5.41, 5.74) is 1.50. The van der Waals surface area contributed by atoms with Crippen LogP contribution in [0.3, 0.4) is 0 Å². The zero-order valence-corrected chi connectivity index (χ0v) is 12.3. The maximum absolute atomic E-state index is 10.7. The van der Waals surface area contributed by atoms with Crippen molar-refractivity contribution in [2.75, 3.05) is 29.1 Å². The molecule has 2 N–H and O–H groups in total. The molecule has 0 aliphatic carbocycles. The Bertz CT molecular complexity index is 625. The van der Waals surface area contributed by atoms with Crippen LogP contribution >= 0.6 is 23.5 Å². The number of imidazole rings is 1. The zero-order chi connectivity index (χ0) is 13.9. The molecule has 1 aliphatic rings. The summed E-state index contributed by atoms with van der Waals surface area (Å²) in [6.07, 6.45) is 0. The number of nitrogens with one attached hydrogen (secondary N) is 2. The molecular weight excluding hydrogens is 296 g/mol. The summed E-state index contributed by atoms with van der Waals surface area (Å²) < 4.78 is 0. The molecule has 0 amide bonds. The Morgan fingerprint density at radius 3 is 3.15 bits per heavy atom. The van der Waals surface area contributed by atoms with Crippen molar-refractivity contribution in [1.29, 1.82) is 0 Å². The highest BCUT2D eigenvalue weighted by Gasteiger charge is 2.15. The Morgan fingerprint density at radius 1 is 1.50 bits per heavy atom. The number of aromatic amines is 1. The van der Waals surface area contributed by atoms with Crippen molar-refractivity contribution in [2.45, 2.75) is 5.25 Å². The molecule has 3 rings (SSSR count). The molecule has 1 saturated heterocycles. The third kappa shape index (κ3) is 3.01. The second-order valence-corrected chi connectivity index (χ2v) is 7.05. The molecule has 1 fully saturated rings. The lowest BCUT2D eigenvalue weighted by Gasteiger charge is -2.20. The number of nitrogens with zero attached hydrogens (tertiary/aromatic N) is 2. The predicted octanol–water partition coefficient (Wildman–Crippen LogP) is 2.73. The third-order valence-electron chi connectivity index (χ3n) is 3.06. The Morgan fingerprint density at radius 2 is 2.40 bits per heavy atom. The number of anilines is 1. The van der Waals surface area contributed by atoms with E-state index in [9.17, 15) is 10.1 Å². The first kappa shape index (κ1) is 13.6. The molecule has 1 atom stereocenters. The second kappa shape index (κ2) is 5.92. The minimum atomic E-state index is -0.400. The van der Waals surface area contributed by atoms with Crippen LogP contribution in [0.25, 0.3) is 11.0 Å². The van der Waals surface area contributed by atoms with Gasteiger partial charge in [0.25, 0.3) is 5.69 Å². The summed E-state index contributed by atoms with van der Waals surface area (Å²) in [7, 11) is 0. The average molecular weight is 310 g/mol. The molecule has 1 aliphatic heterocycles. The fourth-order valence-corrected chi connectivity index (χ4v) is 4.67. The van der Waals surface area contributed by atoms with Crippen LogP contribution in [-0.2, 0) is 0 Å². The number of rotatable bonds is 4. The van der Waals surface area contributed by atoms with Gasteiger partial charge in [0.05, 0.1) is 16.0 Å². The molecule has 0 radical (unpaired) electrons. The molecular formula is C12H14N4O2S2. The van der Waals surface area contributed by atoms with Gasteiger partial charge in [-0.3, -0.25) is 10.1 Å². The maximum atomic E-state index is 10.7. The largest absolute Gasteiger partial charge is 0.355 e. The Kier molecular flexibility index (Phi) is 4.02. The van der Waals surface area contributed by atoms with E-state index in [0.29, 0.717) is 16.7 Å². The van der Waals surface area contributed by atoms with Gasteiger partial charge in [0, 0.05) is 41.2 Å². The van der Waals surface area contributed by atoms with Gasteiger partial charge in [0.15, 0.2) is 0 Å². The summed E-state index contributed by atoms with van der Waals surface area (Å²) in [6, 6.07) is 4.65. The van der Waals surface area contributed by atoms with Crippen molar-refractivity contribution in [3.05, 3.63) is 28.3 Å². The summed E-state index contributed by atoms with van der Waals surface area (Å²) in [5.74, 6) is 4.26. The monoisotopic (exact) mass is 310 g/mol. The van der Waals surface area contributed by atoms with Crippen LogP contribution in [0.4, 0.5) is 11.6 Å². The van der Waals surface area contributed by atoms with Crippen LogP contribution in [-0.4, -0.2) is 43.9 Å². The topological polar surface area (TPSA) is 83.8 Å². The van der Waals surface area contributed by atoms with Crippen LogP contribution in [0.15, 0.2) is 18.2 Å². The van der Waals surface area contributed by atoms with Crippen LogP contribution < -0.4 is 5.32 Å². The highest BCUT2D eigenvalue weighted by Crippen LogP contribution is 2.25. The fraction of sp³-hybridized carbons (Fsp3) is 0.417. The molecule has 1 aromatic carbocycles. The summed E-state index contributed by atoms with van der Waals surface area (Å²) in [5, 5.41) is 14.6. The van der Waals surface area contributed by atoms with Crippen LogP contribution in [0.5, 0.6) is 0 Å². The summed E-state index contributed by atoms with van der Waals surface area (Å²) >= 11 is 3.96. The van der Waals surface area contributed by atoms with E-state index in [4.69, 9.17) is 0 Å². The van der Waals surface area contributed by atoms with E-state index in [0.717, 1.165) is 17.8 Å². The van der Waals surface area contributed by atoms with Crippen molar-refractivity contribution in [3.8, 4) is 0 Å². The Hall–Kier alpha value is -1.41. The number of hydrogen-bond acceptors (Lipinski definition) is 6. The van der Waals surface area contributed by atoms with Gasteiger partial charge >= 0.3 is 0 Å². The van der Waals surface area contributed by atoms with E-state index < -0.39 is 4.92 Å². The maximum Gasteiger partial charge on any atom is 0.271 e. The Balaban J connectivity index is 1.70. The van der Waals surface area contributed by atoms with Gasteiger partial charge in [-0.1, -0.05) is 0 Å². The standard InChI is InChI=1S/C12H14N4O2S2/c17-16(18)8-1-2-10-11(5-8)15-12(14-10)13-6-9-7-19-3-4-20-9/h1-2,5,9H,3-4,6-7H2,(H2,13,14,15). The first-order valence-electron chi connectivity index (χ1n) is 6.30. The number of H-pyrrole nitrogens is 1. The summed E-state index contributed by atoms with van der Waals surface area (Å²) in [6.45, 7) is 0.861. The van der Waals surface area contributed by atoms with Gasteiger partial charge in [0.2, 0.25) is 5.95 Å². The van der Waals surface area contributed by atoms with E-state index in [1.54, 1.807) is 6.07 Å². The minimum absolute atomic E-state index is 0.0759. The lowest BCUT2D eigenvalue weighted by Crippen LogP contribution is -2.23. The first-order chi connectivity index (χ1) is 9.72. The van der Waals surface area contributed by atoms with Gasteiger partial charge in [-0.25, -0.2) is 4.98 Å². The highest BCUT2D eigenvalue weighted by atomic mass is 32.2. The SMILES string of the molecule is O=[N+]([O-])c1ccc2nc(NCC3CSCCS3)[nH]c2c1. The van der Waals surface area contributed by atoms with Crippen molar-refractivity contribution >= 4 is 46.2 Å². The number of nitro benzene ring substituents is 1. The highest BCUT2D eigenvalue weighted by molar-refractivity contribution is 8.06. The van der Waals surface area contributed by atoms with Crippen molar-refractivity contribution in [2.24, 2.45) is 0 Å². The Labute approximate surface area is 124 Å². The number of aromatic nitrogens is 2. The molecule has 0 bridgehead atoms. The van der Waals surface area contributed by atoms with Gasteiger partial charge in [-0.15, -0.1) is 0 Å². The van der Waals surface area contributed by atoms with E-state index in [-0.39, 0.29) is 5.69 Å². The quantitative estimate of drug-likeness (QED) is 0.667. The van der Waals surface area contributed by atoms with Crippen LogP contribution in [0, 0.1) is 10.1 Å². The molecule has 2 heterocycles. The van der Waals surface area contributed by atoms with E-state index in [1.807, 2.05) is 23.5 Å². The smallest absolute Gasteiger partial charge is 0.271 e. The second-order valence-electron chi connectivity index (χ2n) is 4.49. The minimum Gasteiger partial charge on any atom is -0.355 e. The van der Waals surface area contributed by atoms with Crippen molar-refractivity contribution in [3.63, 3.8) is 0 Å². The lowest BCUT2D eigenvalue weighted by atomic mass is 10.3. The normalized spacial score (nSPS) is 19.1. The molecule has 2 aromatic rings. The first-order valence-corrected chi connectivity index (χ1v) is 8.50. The van der Waals surface area contributed by atoms with Crippen LogP contribution in [0.1, 0.15) is 0 Å². The van der Waals surface area contributed by atoms with Crippen molar-refractivity contribution < 1.29 is 4.92 Å². The molecule has 20 heavy (non-hydrogen) atoms. The van der Waals surface area contributed by atoms with Gasteiger partial charge < -0.3 is 10.3 Å². The summed E-state index contributed by atoms with van der Waals surface area (Å²) in [4.78, 5) is 17.8. The molecule has 0 spiro atoms. The lowest BCUT2D eigenvalue weighted by molar-refractivity contribution is -0.384. The number of fused-ring (bicyclic) bond motifs is 1. The number of thioether (sulfide) groups is 2. The number of non-ortho nitro benzene ring substituents is 1. The van der Waals surface area contributed by atoms with Gasteiger partial charge in [0.1, 0.15) is 0 Å². The average Bonchev–Trinajstić information content (AvgIpc) is 2.88. The molecule has 106 valence electrons. The van der Waals surface area contributed by atoms with Gasteiger partial charge in [-0.05, 0) is 6.07 Å². The number of hydrogen-bond donors (Lipinski definition) is 2. The molecule has 8 heteroatoms. The van der Waals surface area contributed by atoms with E-state index in [1.165, 1.54) is 23.6 Å². The van der Waals surface area contributed by atoms with Crippen molar-refractivity contribution in [1.82, 2.24) is 9.97 Å². The molecule has 1 unspecified atom stereocenters. The predicted molar refractivity (Wildman–Crippen MR) is 84.8 cm³/mol. The third-order valence-corrected chi connectivity index (χ3v) is 5.90. The zero-order valence-electron chi connectivity index (χ0n) is 10.7. The molecule has 0 saturated carbocycles. The fourth-order valence-electron chi connectivity index (χ4n) is 2.06. The number of nitro groups is 1. The van der Waals surface area contributed by atoms with Crippen LogP contribution in [0.2, 0.25) is 0 Å². The van der Waals surface area contributed by atoms with E-state index >= 15 is 0 Å².